The van der Waals surface area contributed by atoms with E-state index in [0.29, 0.717) is 5.69 Å². The van der Waals surface area contributed by atoms with Crippen LogP contribution in [0.2, 0.25) is 0 Å². The topological polar surface area (TPSA) is 58.1 Å². The Balaban J connectivity index is 1.99. The van der Waals surface area contributed by atoms with Gasteiger partial charge in [0.25, 0.3) is 5.91 Å². The van der Waals surface area contributed by atoms with Gasteiger partial charge in [0.2, 0.25) is 0 Å². The lowest BCUT2D eigenvalue weighted by molar-refractivity contribution is 0.0934. The van der Waals surface area contributed by atoms with Crippen LogP contribution in [-0.2, 0) is 6.42 Å². The van der Waals surface area contributed by atoms with Crippen molar-refractivity contribution < 1.29 is 4.79 Å². The van der Waals surface area contributed by atoms with E-state index >= 15 is 0 Å². The molecule has 0 spiro atoms. The quantitative estimate of drug-likeness (QED) is 0.854. The summed E-state index contributed by atoms with van der Waals surface area (Å²) in [5.74, 6) is -0.122. The minimum absolute atomic E-state index is 0.122. The van der Waals surface area contributed by atoms with Crippen LogP contribution in [-0.4, -0.2) is 35.5 Å². The van der Waals surface area contributed by atoms with Gasteiger partial charge < -0.3 is 10.2 Å². The Hall–Kier alpha value is -2.43. The van der Waals surface area contributed by atoms with Crippen molar-refractivity contribution in [2.45, 2.75) is 32.7 Å². The number of amides is 1. The molecule has 0 aliphatic carbocycles. The van der Waals surface area contributed by atoms with Crippen molar-refractivity contribution in [3.8, 4) is 0 Å². The molecular formula is C18H24N4O. The fourth-order valence-electron chi connectivity index (χ4n) is 2.16. The fourth-order valence-corrected chi connectivity index (χ4v) is 2.16. The summed E-state index contributed by atoms with van der Waals surface area (Å²) in [4.78, 5) is 22.5. The molecule has 5 nitrogen and oxygen atoms in total. The Labute approximate surface area is 137 Å². The maximum absolute atomic E-state index is 12.2. The van der Waals surface area contributed by atoms with E-state index in [4.69, 9.17) is 0 Å². The van der Waals surface area contributed by atoms with E-state index in [1.54, 1.807) is 18.6 Å². The van der Waals surface area contributed by atoms with Gasteiger partial charge in [0.05, 0.1) is 0 Å². The first-order valence-corrected chi connectivity index (χ1v) is 7.97. The molecule has 0 saturated carbocycles. The second kappa shape index (κ2) is 8.27. The Morgan fingerprint density at radius 3 is 2.70 bits per heavy atom. The van der Waals surface area contributed by atoms with Gasteiger partial charge in [0.1, 0.15) is 5.69 Å². The predicted octanol–water partition coefficient (Wildman–Crippen LogP) is 2.68. The lowest BCUT2D eigenvalue weighted by Gasteiger charge is -2.20. The molecule has 2 aromatic heterocycles. The van der Waals surface area contributed by atoms with Crippen molar-refractivity contribution in [2.24, 2.45) is 0 Å². The molecule has 1 N–H and O–H groups in total. The average Bonchev–Trinajstić information content (AvgIpc) is 2.60. The van der Waals surface area contributed by atoms with E-state index in [0.717, 1.165) is 25.1 Å². The summed E-state index contributed by atoms with van der Waals surface area (Å²) < 4.78 is 0. The van der Waals surface area contributed by atoms with Crippen molar-refractivity contribution in [1.82, 2.24) is 15.3 Å². The molecular weight excluding hydrogens is 288 g/mol. The van der Waals surface area contributed by atoms with Crippen molar-refractivity contribution >= 4 is 11.6 Å². The van der Waals surface area contributed by atoms with Crippen LogP contribution in [0.3, 0.4) is 0 Å². The summed E-state index contributed by atoms with van der Waals surface area (Å²) in [7, 11) is 2.02. The summed E-state index contributed by atoms with van der Waals surface area (Å²) in [6.07, 6.45) is 7.12. The van der Waals surface area contributed by atoms with Crippen LogP contribution in [0.4, 0.5) is 5.69 Å². The molecule has 2 heterocycles. The van der Waals surface area contributed by atoms with Crippen LogP contribution in [0, 0.1) is 0 Å². The number of nitrogens with one attached hydrogen (secondary N) is 1. The van der Waals surface area contributed by atoms with Crippen molar-refractivity contribution in [3.63, 3.8) is 0 Å². The molecule has 0 saturated heterocycles. The number of carbonyl (C=O) groups is 1. The van der Waals surface area contributed by atoms with E-state index in [9.17, 15) is 4.79 Å². The molecule has 5 heteroatoms. The molecule has 122 valence electrons. The largest absolute Gasteiger partial charge is 0.374 e. The zero-order valence-corrected chi connectivity index (χ0v) is 14.0. The van der Waals surface area contributed by atoms with Crippen LogP contribution in [0.15, 0.2) is 42.9 Å². The van der Waals surface area contributed by atoms with Gasteiger partial charge in [0.15, 0.2) is 0 Å². The molecule has 0 radical (unpaired) electrons. The molecule has 0 bridgehead atoms. The Morgan fingerprint density at radius 2 is 2.00 bits per heavy atom. The van der Waals surface area contributed by atoms with Gasteiger partial charge in [-0.15, -0.1) is 0 Å². The number of rotatable bonds is 7. The van der Waals surface area contributed by atoms with Crippen LogP contribution in [0.1, 0.15) is 36.3 Å². The van der Waals surface area contributed by atoms with Crippen molar-refractivity contribution in [2.75, 3.05) is 18.5 Å². The zero-order chi connectivity index (χ0) is 16.7. The average molecular weight is 312 g/mol. The van der Waals surface area contributed by atoms with Gasteiger partial charge in [0, 0.05) is 43.9 Å². The number of nitrogens with zero attached hydrogens (tertiary/aromatic N) is 3. The standard InChI is InChI=1S/C18H24N4O/c1-4-14(2)21-18(23)17-13-16(7-11-20-17)22(3)12-8-15-5-9-19-10-6-15/h5-7,9-11,13-14H,4,8,12H2,1-3H3,(H,21,23). The van der Waals surface area contributed by atoms with Gasteiger partial charge in [-0.3, -0.25) is 14.8 Å². The van der Waals surface area contributed by atoms with Gasteiger partial charge >= 0.3 is 0 Å². The van der Waals surface area contributed by atoms with Crippen LogP contribution in [0.5, 0.6) is 0 Å². The third kappa shape index (κ3) is 5.06. The summed E-state index contributed by atoms with van der Waals surface area (Å²) in [5, 5.41) is 2.94. The minimum Gasteiger partial charge on any atom is -0.374 e. The summed E-state index contributed by atoms with van der Waals surface area (Å²) in [6.45, 7) is 4.89. The first-order valence-electron chi connectivity index (χ1n) is 7.97. The number of pyridine rings is 2. The summed E-state index contributed by atoms with van der Waals surface area (Å²) >= 11 is 0. The normalized spacial score (nSPS) is 11.8. The number of aromatic nitrogens is 2. The number of hydrogen-bond acceptors (Lipinski definition) is 4. The fraction of sp³-hybridized carbons (Fsp3) is 0.389. The number of hydrogen-bond donors (Lipinski definition) is 1. The van der Waals surface area contributed by atoms with Gasteiger partial charge in [-0.1, -0.05) is 6.92 Å². The first-order chi connectivity index (χ1) is 11.1. The molecule has 0 aliphatic rings. The molecule has 1 unspecified atom stereocenters. The second-order valence-electron chi connectivity index (χ2n) is 5.71. The summed E-state index contributed by atoms with van der Waals surface area (Å²) in [6, 6.07) is 7.95. The highest BCUT2D eigenvalue weighted by Crippen LogP contribution is 2.14. The second-order valence-corrected chi connectivity index (χ2v) is 5.71. The molecule has 0 fully saturated rings. The Kier molecular flexibility index (Phi) is 6.09. The molecule has 0 aliphatic heterocycles. The maximum Gasteiger partial charge on any atom is 0.270 e. The van der Waals surface area contributed by atoms with Crippen LogP contribution in [0.25, 0.3) is 0 Å². The van der Waals surface area contributed by atoms with E-state index in [2.05, 4.69) is 20.2 Å². The van der Waals surface area contributed by atoms with E-state index < -0.39 is 0 Å². The molecule has 2 rings (SSSR count). The molecule has 2 aromatic rings. The van der Waals surface area contributed by atoms with Gasteiger partial charge in [-0.25, -0.2) is 0 Å². The van der Waals surface area contributed by atoms with Crippen molar-refractivity contribution in [3.05, 3.63) is 54.1 Å². The third-order valence-corrected chi connectivity index (χ3v) is 3.89. The Bertz CT molecular complexity index is 630. The van der Waals surface area contributed by atoms with Gasteiger partial charge in [-0.2, -0.15) is 0 Å². The van der Waals surface area contributed by atoms with Crippen LogP contribution >= 0.6 is 0 Å². The van der Waals surface area contributed by atoms with Crippen LogP contribution < -0.4 is 10.2 Å². The Morgan fingerprint density at radius 1 is 1.26 bits per heavy atom. The monoisotopic (exact) mass is 312 g/mol. The SMILES string of the molecule is CCC(C)NC(=O)c1cc(N(C)CCc2ccncc2)ccn1. The molecule has 0 aromatic carbocycles. The number of likely N-dealkylation sites (N-methyl/N-ethyl adjacent to an activating group) is 1. The third-order valence-electron chi connectivity index (χ3n) is 3.89. The van der Waals surface area contributed by atoms with E-state index in [-0.39, 0.29) is 11.9 Å². The molecule has 1 atom stereocenters. The highest BCUT2D eigenvalue weighted by Gasteiger charge is 2.11. The highest BCUT2D eigenvalue weighted by molar-refractivity contribution is 5.93. The first kappa shape index (κ1) is 16.9. The lowest BCUT2D eigenvalue weighted by Crippen LogP contribution is -2.32. The maximum atomic E-state index is 12.2. The number of anilines is 1. The molecule has 23 heavy (non-hydrogen) atoms. The minimum atomic E-state index is -0.122. The highest BCUT2D eigenvalue weighted by atomic mass is 16.1. The number of carbonyl (C=O) groups excluding carboxylic acids is 1. The smallest absolute Gasteiger partial charge is 0.270 e. The zero-order valence-electron chi connectivity index (χ0n) is 14.0. The molecule has 1 amide bonds. The van der Waals surface area contributed by atoms with E-state index in [1.807, 2.05) is 45.2 Å². The van der Waals surface area contributed by atoms with Gasteiger partial charge in [-0.05, 0) is 49.6 Å². The lowest BCUT2D eigenvalue weighted by atomic mass is 10.2. The van der Waals surface area contributed by atoms with E-state index in [1.165, 1.54) is 5.56 Å². The van der Waals surface area contributed by atoms with Crippen molar-refractivity contribution in [1.29, 1.82) is 0 Å². The predicted molar refractivity (Wildman–Crippen MR) is 92.7 cm³/mol. The summed E-state index contributed by atoms with van der Waals surface area (Å²) in [5.41, 5.74) is 2.69.